The molecule has 0 radical (unpaired) electrons. The van der Waals surface area contributed by atoms with Crippen LogP contribution in [0.4, 0.5) is 0 Å². The van der Waals surface area contributed by atoms with E-state index < -0.39 is 12.0 Å². The number of hydrogen-bond acceptors (Lipinski definition) is 4. The zero-order valence-electron chi connectivity index (χ0n) is 11.5. The molecule has 0 saturated heterocycles. The zero-order valence-corrected chi connectivity index (χ0v) is 12.4. The van der Waals surface area contributed by atoms with E-state index in [9.17, 15) is 9.90 Å². The van der Waals surface area contributed by atoms with Crippen molar-refractivity contribution in [1.82, 2.24) is 10.3 Å². The first kappa shape index (κ1) is 14.7. The highest BCUT2D eigenvalue weighted by molar-refractivity contribution is 7.09. The van der Waals surface area contributed by atoms with Gasteiger partial charge < -0.3 is 5.11 Å². The lowest BCUT2D eigenvalue weighted by atomic mass is 10.1. The number of carbonyl (C=O) groups is 1. The SMILES string of the molecule is CC(C)c1nc(CNC(C(=O)O)c2ccccc2)cs1. The van der Waals surface area contributed by atoms with E-state index >= 15 is 0 Å². The molecule has 0 fully saturated rings. The Morgan fingerprint density at radius 1 is 1.35 bits per heavy atom. The van der Waals surface area contributed by atoms with Crippen molar-refractivity contribution in [2.75, 3.05) is 0 Å². The van der Waals surface area contributed by atoms with Gasteiger partial charge >= 0.3 is 5.97 Å². The van der Waals surface area contributed by atoms with Crippen LogP contribution in [0.5, 0.6) is 0 Å². The number of thiazole rings is 1. The maximum atomic E-state index is 11.4. The van der Waals surface area contributed by atoms with Crippen LogP contribution in [0.3, 0.4) is 0 Å². The van der Waals surface area contributed by atoms with E-state index in [-0.39, 0.29) is 0 Å². The quantitative estimate of drug-likeness (QED) is 0.857. The summed E-state index contributed by atoms with van der Waals surface area (Å²) in [5, 5.41) is 15.4. The molecule has 0 aliphatic carbocycles. The maximum absolute atomic E-state index is 11.4. The molecular weight excluding hydrogens is 272 g/mol. The second-order valence-corrected chi connectivity index (χ2v) is 5.78. The summed E-state index contributed by atoms with van der Waals surface area (Å²) in [7, 11) is 0. The number of hydrogen-bond donors (Lipinski definition) is 2. The second kappa shape index (κ2) is 6.63. The third-order valence-electron chi connectivity index (χ3n) is 2.93. The van der Waals surface area contributed by atoms with Gasteiger partial charge in [0.05, 0.1) is 10.7 Å². The smallest absolute Gasteiger partial charge is 0.325 e. The fraction of sp³-hybridized carbons (Fsp3) is 0.333. The number of rotatable bonds is 6. The largest absolute Gasteiger partial charge is 0.480 e. The Bertz CT molecular complexity index is 566. The average Bonchev–Trinajstić information content (AvgIpc) is 2.89. The molecule has 1 atom stereocenters. The Kier molecular flexibility index (Phi) is 4.87. The summed E-state index contributed by atoms with van der Waals surface area (Å²) in [4.78, 5) is 15.9. The molecule has 1 heterocycles. The van der Waals surface area contributed by atoms with Gasteiger partial charge in [0.1, 0.15) is 6.04 Å². The van der Waals surface area contributed by atoms with Crippen LogP contribution in [0.15, 0.2) is 35.7 Å². The lowest BCUT2D eigenvalue weighted by molar-refractivity contribution is -0.139. The zero-order chi connectivity index (χ0) is 14.5. The van der Waals surface area contributed by atoms with E-state index in [4.69, 9.17) is 0 Å². The fourth-order valence-electron chi connectivity index (χ4n) is 1.87. The molecule has 0 spiro atoms. The molecule has 4 nitrogen and oxygen atoms in total. The van der Waals surface area contributed by atoms with Gasteiger partial charge in [0.2, 0.25) is 0 Å². The summed E-state index contributed by atoms with van der Waals surface area (Å²) >= 11 is 1.61. The van der Waals surface area contributed by atoms with E-state index in [2.05, 4.69) is 24.1 Å². The van der Waals surface area contributed by atoms with Crippen LogP contribution >= 0.6 is 11.3 Å². The Labute approximate surface area is 122 Å². The van der Waals surface area contributed by atoms with Crippen molar-refractivity contribution in [3.63, 3.8) is 0 Å². The van der Waals surface area contributed by atoms with Gasteiger partial charge in [0.15, 0.2) is 0 Å². The normalized spacial score (nSPS) is 12.6. The van der Waals surface area contributed by atoms with Crippen molar-refractivity contribution in [1.29, 1.82) is 0 Å². The lowest BCUT2D eigenvalue weighted by Gasteiger charge is -2.13. The number of aromatic nitrogens is 1. The van der Waals surface area contributed by atoms with Crippen LogP contribution in [0.25, 0.3) is 0 Å². The van der Waals surface area contributed by atoms with Crippen LogP contribution < -0.4 is 5.32 Å². The minimum Gasteiger partial charge on any atom is -0.480 e. The molecule has 0 bridgehead atoms. The molecule has 1 aromatic heterocycles. The first-order valence-corrected chi connectivity index (χ1v) is 7.41. The molecule has 20 heavy (non-hydrogen) atoms. The highest BCUT2D eigenvalue weighted by Gasteiger charge is 2.19. The molecule has 1 aromatic carbocycles. The fourth-order valence-corrected chi connectivity index (χ4v) is 2.70. The summed E-state index contributed by atoms with van der Waals surface area (Å²) in [5.74, 6) is -0.478. The summed E-state index contributed by atoms with van der Waals surface area (Å²) in [5.41, 5.74) is 1.64. The van der Waals surface area contributed by atoms with Gasteiger partial charge in [0.25, 0.3) is 0 Å². The minimum atomic E-state index is -0.879. The highest BCUT2D eigenvalue weighted by atomic mass is 32.1. The lowest BCUT2D eigenvalue weighted by Crippen LogP contribution is -2.28. The van der Waals surface area contributed by atoms with E-state index in [1.807, 2.05) is 35.7 Å². The van der Waals surface area contributed by atoms with Crippen molar-refractivity contribution in [3.05, 3.63) is 52.0 Å². The third-order valence-corrected chi connectivity index (χ3v) is 4.12. The molecule has 0 saturated carbocycles. The monoisotopic (exact) mass is 290 g/mol. The van der Waals surface area contributed by atoms with Crippen LogP contribution in [-0.2, 0) is 11.3 Å². The Hall–Kier alpha value is -1.72. The number of nitrogens with zero attached hydrogens (tertiary/aromatic N) is 1. The summed E-state index contributed by atoms with van der Waals surface area (Å²) in [6.07, 6.45) is 0. The van der Waals surface area contributed by atoms with Gasteiger partial charge in [-0.15, -0.1) is 11.3 Å². The molecule has 0 aliphatic heterocycles. The van der Waals surface area contributed by atoms with E-state index in [1.54, 1.807) is 11.3 Å². The highest BCUT2D eigenvalue weighted by Crippen LogP contribution is 2.20. The number of aliphatic carboxylic acids is 1. The van der Waals surface area contributed by atoms with E-state index in [0.717, 1.165) is 16.3 Å². The number of carboxylic acid groups (broad SMARTS) is 1. The predicted molar refractivity (Wildman–Crippen MR) is 79.9 cm³/mol. The van der Waals surface area contributed by atoms with Gasteiger partial charge in [-0.05, 0) is 5.56 Å². The van der Waals surface area contributed by atoms with Crippen LogP contribution in [-0.4, -0.2) is 16.1 Å². The summed E-state index contributed by atoms with van der Waals surface area (Å²) in [6.45, 7) is 4.65. The molecule has 106 valence electrons. The first-order chi connectivity index (χ1) is 9.58. The Morgan fingerprint density at radius 3 is 2.60 bits per heavy atom. The third kappa shape index (κ3) is 3.65. The maximum Gasteiger partial charge on any atom is 0.325 e. The number of benzene rings is 1. The van der Waals surface area contributed by atoms with Crippen molar-refractivity contribution in [3.8, 4) is 0 Å². The van der Waals surface area contributed by atoms with Gasteiger partial charge in [0, 0.05) is 17.8 Å². The molecule has 2 aromatic rings. The van der Waals surface area contributed by atoms with Gasteiger partial charge in [-0.1, -0.05) is 44.2 Å². The Balaban J connectivity index is 2.04. The molecule has 0 aliphatic rings. The molecular formula is C15H18N2O2S. The molecule has 2 N–H and O–H groups in total. The van der Waals surface area contributed by atoms with Crippen LogP contribution in [0.2, 0.25) is 0 Å². The van der Waals surface area contributed by atoms with Crippen molar-refractivity contribution in [2.45, 2.75) is 32.4 Å². The van der Waals surface area contributed by atoms with Gasteiger partial charge in [-0.3, -0.25) is 10.1 Å². The topological polar surface area (TPSA) is 62.2 Å². The molecule has 5 heteroatoms. The van der Waals surface area contributed by atoms with E-state index in [0.29, 0.717) is 12.5 Å². The molecule has 1 unspecified atom stereocenters. The van der Waals surface area contributed by atoms with Crippen LogP contribution in [0.1, 0.15) is 42.1 Å². The summed E-state index contributed by atoms with van der Waals surface area (Å²) in [6, 6.07) is 8.47. The minimum absolute atomic E-state index is 0.401. The first-order valence-electron chi connectivity index (χ1n) is 6.53. The predicted octanol–water partition coefficient (Wildman–Crippen LogP) is 3.18. The van der Waals surface area contributed by atoms with Crippen molar-refractivity contribution in [2.24, 2.45) is 0 Å². The average molecular weight is 290 g/mol. The molecule has 0 amide bonds. The van der Waals surface area contributed by atoms with Crippen molar-refractivity contribution >= 4 is 17.3 Å². The van der Waals surface area contributed by atoms with Crippen LogP contribution in [0, 0.1) is 0 Å². The molecule has 2 rings (SSSR count). The van der Waals surface area contributed by atoms with Crippen molar-refractivity contribution < 1.29 is 9.90 Å². The Morgan fingerprint density at radius 2 is 2.05 bits per heavy atom. The summed E-state index contributed by atoms with van der Waals surface area (Å²) < 4.78 is 0. The number of nitrogens with one attached hydrogen (secondary N) is 1. The van der Waals surface area contributed by atoms with Gasteiger partial charge in [-0.2, -0.15) is 0 Å². The second-order valence-electron chi connectivity index (χ2n) is 4.89. The van der Waals surface area contributed by atoms with E-state index in [1.165, 1.54) is 0 Å². The standard InChI is InChI=1S/C15H18N2O2S/c1-10(2)14-17-12(9-20-14)8-16-13(15(18)19)11-6-4-3-5-7-11/h3-7,9-10,13,16H,8H2,1-2H3,(H,18,19). The van der Waals surface area contributed by atoms with Gasteiger partial charge in [-0.25, -0.2) is 4.98 Å². The number of carboxylic acids is 1.